The van der Waals surface area contributed by atoms with Gasteiger partial charge in [0.2, 0.25) is 0 Å². The number of halogens is 1. The number of esters is 1. The van der Waals surface area contributed by atoms with Crippen LogP contribution >= 0.6 is 35.2 Å². The van der Waals surface area contributed by atoms with Crippen molar-refractivity contribution in [1.82, 2.24) is 5.32 Å². The van der Waals surface area contributed by atoms with E-state index in [2.05, 4.69) is 10.6 Å². The molecule has 9 heteroatoms. The van der Waals surface area contributed by atoms with Gasteiger partial charge in [-0.15, -0.1) is 11.3 Å². The molecule has 3 aromatic rings. The number of carbonyl (C=O) groups is 2. The second-order valence-electron chi connectivity index (χ2n) is 8.24. The zero-order valence-electron chi connectivity index (χ0n) is 20.3. The Morgan fingerprint density at radius 1 is 1.11 bits per heavy atom. The molecular formula is C27H26ClN3O3S2. The van der Waals surface area contributed by atoms with Crippen molar-refractivity contribution < 1.29 is 14.3 Å². The van der Waals surface area contributed by atoms with Gasteiger partial charge in [-0.1, -0.05) is 48.0 Å². The van der Waals surface area contributed by atoms with Crippen molar-refractivity contribution >= 4 is 62.8 Å². The van der Waals surface area contributed by atoms with Crippen LogP contribution < -0.4 is 15.5 Å². The Labute approximate surface area is 224 Å². The van der Waals surface area contributed by atoms with Gasteiger partial charge in [-0.2, -0.15) is 0 Å². The number of rotatable bonds is 6. The van der Waals surface area contributed by atoms with Crippen molar-refractivity contribution in [2.75, 3.05) is 16.8 Å². The van der Waals surface area contributed by atoms with Crippen molar-refractivity contribution in [3.8, 4) is 0 Å². The van der Waals surface area contributed by atoms with Crippen LogP contribution in [0.5, 0.6) is 0 Å². The van der Waals surface area contributed by atoms with Gasteiger partial charge in [-0.05, 0) is 69.2 Å². The van der Waals surface area contributed by atoms with E-state index in [1.165, 1.54) is 11.3 Å². The molecule has 1 aliphatic heterocycles. The predicted molar refractivity (Wildman–Crippen MR) is 150 cm³/mol. The minimum Gasteiger partial charge on any atom is -0.462 e. The molecule has 0 saturated carbocycles. The molecule has 0 saturated heterocycles. The van der Waals surface area contributed by atoms with Crippen molar-refractivity contribution in [2.45, 2.75) is 33.7 Å². The molecular weight excluding hydrogens is 514 g/mol. The zero-order chi connectivity index (χ0) is 26.0. The fraction of sp³-hybridized carbons (Fsp3) is 0.222. The lowest BCUT2D eigenvalue weighted by molar-refractivity contribution is -0.113. The van der Waals surface area contributed by atoms with E-state index in [9.17, 15) is 9.59 Å². The average Bonchev–Trinajstić information content (AvgIpc) is 3.12. The first-order valence-electron chi connectivity index (χ1n) is 11.4. The topological polar surface area (TPSA) is 70.7 Å². The van der Waals surface area contributed by atoms with Gasteiger partial charge in [0.25, 0.3) is 5.91 Å². The number of thiophene rings is 1. The summed E-state index contributed by atoms with van der Waals surface area (Å²) >= 11 is 13.6. The molecule has 186 valence electrons. The van der Waals surface area contributed by atoms with E-state index in [0.29, 0.717) is 32.0 Å². The first-order chi connectivity index (χ1) is 17.2. The van der Waals surface area contributed by atoms with Crippen LogP contribution in [0.4, 0.5) is 10.7 Å². The van der Waals surface area contributed by atoms with Crippen LogP contribution in [0.1, 0.15) is 46.3 Å². The van der Waals surface area contributed by atoms with Crippen LogP contribution in [-0.2, 0) is 9.53 Å². The quantitative estimate of drug-likeness (QED) is 0.273. The lowest BCUT2D eigenvalue weighted by atomic mass is 9.94. The number of hydrogen-bond acceptors (Lipinski definition) is 5. The Morgan fingerprint density at radius 3 is 2.44 bits per heavy atom. The largest absolute Gasteiger partial charge is 0.462 e. The van der Waals surface area contributed by atoms with Crippen LogP contribution in [0.15, 0.2) is 65.9 Å². The van der Waals surface area contributed by atoms with E-state index in [1.54, 1.807) is 13.0 Å². The number of hydrogen-bond donors (Lipinski definition) is 2. The maximum atomic E-state index is 13.9. The number of aryl methyl sites for hydroxylation is 1. The second kappa shape index (κ2) is 10.8. The summed E-state index contributed by atoms with van der Waals surface area (Å²) in [7, 11) is 0. The minimum absolute atomic E-state index is 0.243. The summed E-state index contributed by atoms with van der Waals surface area (Å²) in [6, 6.07) is 16.4. The highest BCUT2D eigenvalue weighted by Gasteiger charge is 2.36. The fourth-order valence-electron chi connectivity index (χ4n) is 4.20. The molecule has 0 spiro atoms. The monoisotopic (exact) mass is 539 g/mol. The number of ether oxygens (including phenoxy) is 1. The minimum atomic E-state index is -0.584. The molecule has 36 heavy (non-hydrogen) atoms. The molecule has 1 aromatic heterocycles. The highest BCUT2D eigenvalue weighted by Crippen LogP contribution is 2.38. The maximum Gasteiger partial charge on any atom is 0.341 e. The van der Waals surface area contributed by atoms with E-state index >= 15 is 0 Å². The molecule has 0 bridgehead atoms. The highest BCUT2D eigenvalue weighted by molar-refractivity contribution is 7.80. The highest BCUT2D eigenvalue weighted by atomic mass is 35.5. The number of nitrogens with one attached hydrogen (secondary N) is 2. The summed E-state index contributed by atoms with van der Waals surface area (Å²) in [4.78, 5) is 29.4. The number of anilines is 2. The maximum absolute atomic E-state index is 13.9. The van der Waals surface area contributed by atoms with Gasteiger partial charge >= 0.3 is 5.97 Å². The van der Waals surface area contributed by atoms with E-state index in [0.717, 1.165) is 21.7 Å². The lowest BCUT2D eigenvalue weighted by Crippen LogP contribution is -2.48. The Morgan fingerprint density at radius 2 is 1.78 bits per heavy atom. The molecule has 0 unspecified atom stereocenters. The van der Waals surface area contributed by atoms with Gasteiger partial charge in [0, 0.05) is 21.3 Å². The number of carbonyl (C=O) groups excluding carboxylic acids is 2. The van der Waals surface area contributed by atoms with Crippen LogP contribution in [-0.4, -0.2) is 23.6 Å². The van der Waals surface area contributed by atoms with Crippen LogP contribution in [0.3, 0.4) is 0 Å². The molecule has 0 aliphatic carbocycles. The fourth-order valence-corrected chi connectivity index (χ4v) is 5.85. The number of para-hydroxylation sites is 1. The standard InChI is InChI=1S/C27H26ClN3O3S2/c1-5-34-26(33)21-15(2)17(4)36-25(21)30-24(32)22-16(3)31(18-11-7-6-8-12-18)27(35)29-23(22)19-13-9-10-14-20(19)28/h6-14,23H,5H2,1-4H3,(H,29,35)(H,30,32)/t23-/m0/s1. The first kappa shape index (κ1) is 25.9. The van der Waals surface area contributed by atoms with Gasteiger partial charge in [-0.25, -0.2) is 4.79 Å². The summed E-state index contributed by atoms with van der Waals surface area (Å²) in [5.41, 5.74) is 3.82. The van der Waals surface area contributed by atoms with Gasteiger partial charge in [0.05, 0.1) is 23.8 Å². The van der Waals surface area contributed by atoms with Crippen LogP contribution in [0.25, 0.3) is 0 Å². The van der Waals surface area contributed by atoms with E-state index in [4.69, 9.17) is 28.6 Å². The number of allylic oxidation sites excluding steroid dienone is 1. The lowest BCUT2D eigenvalue weighted by Gasteiger charge is -2.38. The molecule has 4 rings (SSSR count). The average molecular weight is 540 g/mol. The SMILES string of the molecule is CCOC(=O)c1c(NC(=O)C2=C(C)N(c3ccccc3)C(=S)N[C@H]2c2ccccc2Cl)sc(C)c1C. The molecule has 1 atom stereocenters. The summed E-state index contributed by atoms with van der Waals surface area (Å²) in [5.74, 6) is -0.822. The summed E-state index contributed by atoms with van der Waals surface area (Å²) in [5, 5.41) is 7.71. The van der Waals surface area contributed by atoms with Crippen LogP contribution in [0.2, 0.25) is 5.02 Å². The Kier molecular flexibility index (Phi) is 7.78. The van der Waals surface area contributed by atoms with Gasteiger partial charge < -0.3 is 15.4 Å². The van der Waals surface area contributed by atoms with Crippen molar-refractivity contribution in [3.63, 3.8) is 0 Å². The van der Waals surface area contributed by atoms with Crippen LogP contribution in [0, 0.1) is 13.8 Å². The molecule has 1 aliphatic rings. The van der Waals surface area contributed by atoms with Crippen molar-refractivity contribution in [1.29, 1.82) is 0 Å². The smallest absolute Gasteiger partial charge is 0.341 e. The number of amides is 1. The summed E-state index contributed by atoms with van der Waals surface area (Å²) in [6.07, 6.45) is 0. The molecule has 2 heterocycles. The second-order valence-corrected chi connectivity index (χ2v) is 10.3. The van der Waals surface area contributed by atoms with E-state index in [1.807, 2.05) is 74.2 Å². The van der Waals surface area contributed by atoms with Gasteiger partial charge in [-0.3, -0.25) is 9.69 Å². The number of benzene rings is 2. The van der Waals surface area contributed by atoms with Crippen molar-refractivity contribution in [2.24, 2.45) is 0 Å². The van der Waals surface area contributed by atoms with E-state index in [-0.39, 0.29) is 12.5 Å². The molecule has 2 N–H and O–H groups in total. The number of nitrogens with zero attached hydrogens (tertiary/aromatic N) is 1. The van der Waals surface area contributed by atoms with Gasteiger partial charge in [0.1, 0.15) is 5.00 Å². The predicted octanol–water partition coefficient (Wildman–Crippen LogP) is 6.54. The molecule has 0 radical (unpaired) electrons. The molecule has 1 amide bonds. The summed E-state index contributed by atoms with van der Waals surface area (Å²) < 4.78 is 5.26. The number of thiocarbonyl (C=S) groups is 1. The Balaban J connectivity index is 1.83. The van der Waals surface area contributed by atoms with E-state index < -0.39 is 12.0 Å². The first-order valence-corrected chi connectivity index (χ1v) is 13.0. The molecule has 0 fully saturated rings. The normalized spacial score (nSPS) is 15.5. The summed E-state index contributed by atoms with van der Waals surface area (Å²) in [6.45, 7) is 7.61. The third-order valence-electron chi connectivity index (χ3n) is 6.05. The Hall–Kier alpha value is -3.20. The molecule has 6 nitrogen and oxygen atoms in total. The third kappa shape index (κ3) is 4.89. The van der Waals surface area contributed by atoms with Gasteiger partial charge in [0.15, 0.2) is 5.11 Å². The zero-order valence-corrected chi connectivity index (χ0v) is 22.7. The van der Waals surface area contributed by atoms with Crippen molar-refractivity contribution in [3.05, 3.63) is 92.5 Å². The third-order valence-corrected chi connectivity index (χ3v) is 7.82. The molecule has 2 aromatic carbocycles. The Bertz CT molecular complexity index is 1370.